The second-order valence-electron chi connectivity index (χ2n) is 8.16. The van der Waals surface area contributed by atoms with Gasteiger partial charge in [0, 0.05) is 11.3 Å². The number of amides is 1. The van der Waals surface area contributed by atoms with Crippen molar-refractivity contribution in [2.75, 3.05) is 5.32 Å². The van der Waals surface area contributed by atoms with Crippen LogP contribution < -0.4 is 10.9 Å². The van der Waals surface area contributed by atoms with Crippen molar-refractivity contribution in [3.63, 3.8) is 0 Å². The number of carbonyl (C=O) groups is 1. The smallest absolute Gasteiger partial charge is 0.268 e. The summed E-state index contributed by atoms with van der Waals surface area (Å²) < 4.78 is 20.3. The summed E-state index contributed by atoms with van der Waals surface area (Å²) in [6, 6.07) is 11.9. The zero-order valence-electron chi connectivity index (χ0n) is 19.1. The Hall–Kier alpha value is -4.18. The molecule has 0 aliphatic rings. The van der Waals surface area contributed by atoms with Gasteiger partial charge in [-0.05, 0) is 49.6 Å². The summed E-state index contributed by atoms with van der Waals surface area (Å²) in [7, 11) is 0. The minimum absolute atomic E-state index is 0.264. The van der Waals surface area contributed by atoms with Crippen LogP contribution in [0.25, 0.3) is 32.4 Å². The maximum Gasteiger partial charge on any atom is 0.268 e. The SMILES string of the molecule is Cc1ccc(F)cc1NC(=O)Cn1cnc2sc(-c3nc(-c4ccccc4C)no3)c(C)c2c1=O. The van der Waals surface area contributed by atoms with Crippen LogP contribution in [0.1, 0.15) is 16.7 Å². The Morgan fingerprint density at radius 3 is 2.74 bits per heavy atom. The Kier molecular flexibility index (Phi) is 5.73. The molecule has 1 N–H and O–H groups in total. The number of hydrogen-bond donors (Lipinski definition) is 1. The molecule has 35 heavy (non-hydrogen) atoms. The van der Waals surface area contributed by atoms with Gasteiger partial charge in [-0.2, -0.15) is 4.98 Å². The number of carbonyl (C=O) groups excluding carboxylic acids is 1. The molecule has 0 atom stereocenters. The fourth-order valence-corrected chi connectivity index (χ4v) is 4.86. The number of benzene rings is 2. The lowest BCUT2D eigenvalue weighted by molar-refractivity contribution is -0.116. The van der Waals surface area contributed by atoms with Gasteiger partial charge in [-0.3, -0.25) is 14.2 Å². The van der Waals surface area contributed by atoms with Crippen LogP contribution in [0.3, 0.4) is 0 Å². The molecule has 0 fully saturated rings. The first kappa shape index (κ1) is 22.6. The lowest BCUT2D eigenvalue weighted by atomic mass is 10.1. The number of thiophene rings is 1. The minimum Gasteiger partial charge on any atom is -0.333 e. The topological polar surface area (TPSA) is 103 Å². The summed E-state index contributed by atoms with van der Waals surface area (Å²) in [6.45, 7) is 5.25. The van der Waals surface area contributed by atoms with Crippen molar-refractivity contribution in [1.29, 1.82) is 0 Å². The number of aromatic nitrogens is 4. The van der Waals surface area contributed by atoms with Crippen LogP contribution in [0.15, 0.2) is 58.1 Å². The van der Waals surface area contributed by atoms with E-state index in [-0.39, 0.29) is 12.1 Å². The Balaban J connectivity index is 1.45. The van der Waals surface area contributed by atoms with E-state index in [0.29, 0.717) is 43.6 Å². The van der Waals surface area contributed by atoms with Crippen LogP contribution >= 0.6 is 11.3 Å². The molecule has 0 spiro atoms. The quantitative estimate of drug-likeness (QED) is 0.378. The molecular weight excluding hydrogens is 469 g/mol. The van der Waals surface area contributed by atoms with E-state index in [2.05, 4.69) is 20.4 Å². The van der Waals surface area contributed by atoms with Gasteiger partial charge < -0.3 is 9.84 Å². The van der Waals surface area contributed by atoms with Crippen molar-refractivity contribution in [2.24, 2.45) is 0 Å². The molecule has 5 rings (SSSR count). The van der Waals surface area contributed by atoms with Crippen LogP contribution in [-0.2, 0) is 11.3 Å². The van der Waals surface area contributed by atoms with Gasteiger partial charge in [0.25, 0.3) is 11.4 Å². The monoisotopic (exact) mass is 489 g/mol. The summed E-state index contributed by atoms with van der Waals surface area (Å²) in [5.74, 6) is -0.160. The number of hydrogen-bond acceptors (Lipinski definition) is 7. The highest BCUT2D eigenvalue weighted by atomic mass is 32.1. The molecule has 176 valence electrons. The molecule has 3 aromatic heterocycles. The third kappa shape index (κ3) is 4.24. The lowest BCUT2D eigenvalue weighted by Gasteiger charge is -2.09. The second kappa shape index (κ2) is 8.88. The zero-order valence-corrected chi connectivity index (χ0v) is 19.9. The molecule has 1 amide bonds. The lowest BCUT2D eigenvalue weighted by Crippen LogP contribution is -2.28. The fourth-order valence-electron chi connectivity index (χ4n) is 3.80. The molecule has 8 nitrogen and oxygen atoms in total. The highest BCUT2D eigenvalue weighted by molar-refractivity contribution is 7.22. The van der Waals surface area contributed by atoms with Crippen molar-refractivity contribution < 1.29 is 13.7 Å². The molecule has 0 aliphatic heterocycles. The van der Waals surface area contributed by atoms with Gasteiger partial charge in [0.05, 0.1) is 16.6 Å². The second-order valence-corrected chi connectivity index (χ2v) is 9.16. The van der Waals surface area contributed by atoms with Crippen LogP contribution in [0.5, 0.6) is 0 Å². The number of anilines is 1. The largest absolute Gasteiger partial charge is 0.333 e. The van der Waals surface area contributed by atoms with Crippen molar-refractivity contribution in [3.05, 3.63) is 81.7 Å². The number of nitrogens with one attached hydrogen (secondary N) is 1. The molecule has 0 unspecified atom stereocenters. The molecule has 2 aromatic carbocycles. The van der Waals surface area contributed by atoms with Crippen molar-refractivity contribution in [2.45, 2.75) is 27.3 Å². The molecule has 0 aliphatic carbocycles. The number of rotatable bonds is 5. The van der Waals surface area contributed by atoms with Crippen molar-refractivity contribution >= 4 is 33.1 Å². The Labute approximate surface area is 203 Å². The van der Waals surface area contributed by atoms with Crippen LogP contribution in [0.4, 0.5) is 10.1 Å². The predicted molar refractivity (Wildman–Crippen MR) is 132 cm³/mol. The van der Waals surface area contributed by atoms with Crippen molar-refractivity contribution in [1.82, 2.24) is 19.7 Å². The number of fused-ring (bicyclic) bond motifs is 1. The normalized spacial score (nSPS) is 11.2. The maximum absolute atomic E-state index is 13.5. The molecule has 3 heterocycles. The first-order valence-corrected chi connectivity index (χ1v) is 11.6. The third-order valence-corrected chi connectivity index (χ3v) is 6.90. The van der Waals surface area contributed by atoms with E-state index in [0.717, 1.165) is 11.1 Å². The van der Waals surface area contributed by atoms with Gasteiger partial charge in [-0.15, -0.1) is 11.3 Å². The third-order valence-electron chi connectivity index (χ3n) is 5.71. The van der Waals surface area contributed by atoms with E-state index in [1.807, 2.05) is 31.2 Å². The standard InChI is InChI=1S/C25H20FN5O3S/c1-13-6-4-5-7-17(13)22-29-23(34-30-22)21-15(3)20-24(35-21)27-12-31(25(20)33)11-19(32)28-18-10-16(26)9-8-14(18)2/h4-10,12H,11H2,1-3H3,(H,28,32). The van der Waals surface area contributed by atoms with E-state index in [9.17, 15) is 14.0 Å². The average Bonchev–Trinajstić information content (AvgIpc) is 3.43. The van der Waals surface area contributed by atoms with E-state index in [4.69, 9.17) is 4.52 Å². The summed E-state index contributed by atoms with van der Waals surface area (Å²) in [4.78, 5) is 35.8. The Bertz CT molecular complexity index is 1650. The minimum atomic E-state index is -0.463. The molecular formula is C25H20FN5O3S. The molecule has 0 radical (unpaired) electrons. The van der Waals surface area contributed by atoms with Crippen molar-refractivity contribution in [3.8, 4) is 22.2 Å². The van der Waals surface area contributed by atoms with E-state index in [1.165, 1.54) is 34.4 Å². The van der Waals surface area contributed by atoms with Crippen LogP contribution in [-0.4, -0.2) is 25.6 Å². The molecule has 10 heteroatoms. The van der Waals surface area contributed by atoms with Gasteiger partial charge in [-0.25, -0.2) is 9.37 Å². The zero-order chi connectivity index (χ0) is 24.7. The number of aryl methyl sites for hydroxylation is 3. The average molecular weight is 490 g/mol. The van der Waals surface area contributed by atoms with E-state index >= 15 is 0 Å². The summed E-state index contributed by atoms with van der Waals surface area (Å²) in [5, 5.41) is 7.14. The first-order valence-electron chi connectivity index (χ1n) is 10.8. The summed E-state index contributed by atoms with van der Waals surface area (Å²) in [6.07, 6.45) is 1.33. The fraction of sp³-hybridized carbons (Fsp3) is 0.160. The molecule has 0 bridgehead atoms. The Morgan fingerprint density at radius 2 is 1.94 bits per heavy atom. The van der Waals surface area contributed by atoms with Gasteiger partial charge in [0.1, 0.15) is 17.2 Å². The number of nitrogens with zero attached hydrogens (tertiary/aromatic N) is 4. The summed E-state index contributed by atoms with van der Waals surface area (Å²) in [5.41, 5.74) is 3.24. The highest BCUT2D eigenvalue weighted by Gasteiger charge is 2.21. The van der Waals surface area contributed by atoms with Gasteiger partial charge in [0.2, 0.25) is 11.7 Å². The summed E-state index contributed by atoms with van der Waals surface area (Å²) >= 11 is 1.27. The predicted octanol–water partition coefficient (Wildman–Crippen LogP) is 4.88. The first-order chi connectivity index (χ1) is 16.8. The Morgan fingerprint density at radius 1 is 1.14 bits per heavy atom. The van der Waals surface area contributed by atoms with Gasteiger partial charge >= 0.3 is 0 Å². The van der Waals surface area contributed by atoms with Gasteiger partial charge in [0.15, 0.2) is 0 Å². The molecule has 0 saturated carbocycles. The van der Waals surface area contributed by atoms with Crippen LogP contribution in [0.2, 0.25) is 0 Å². The molecule has 5 aromatic rings. The van der Waals surface area contributed by atoms with Gasteiger partial charge in [-0.1, -0.05) is 35.5 Å². The maximum atomic E-state index is 13.5. The number of halogens is 1. The van der Waals surface area contributed by atoms with E-state index in [1.54, 1.807) is 19.9 Å². The van der Waals surface area contributed by atoms with Crippen LogP contribution in [0, 0.1) is 26.6 Å². The molecule has 0 saturated heterocycles. The highest BCUT2D eigenvalue weighted by Crippen LogP contribution is 2.35. The van der Waals surface area contributed by atoms with E-state index < -0.39 is 11.7 Å².